The number of amides is 1. The highest BCUT2D eigenvalue weighted by Crippen LogP contribution is 2.40. The molecule has 172 valence electrons. The van der Waals surface area contributed by atoms with E-state index in [0.29, 0.717) is 64.8 Å². The van der Waals surface area contributed by atoms with Gasteiger partial charge in [0.15, 0.2) is 11.5 Å². The predicted octanol–water partition coefficient (Wildman–Crippen LogP) is 3.88. The van der Waals surface area contributed by atoms with E-state index in [-0.39, 0.29) is 18.3 Å². The molecule has 0 spiro atoms. The molecule has 0 saturated heterocycles. The van der Waals surface area contributed by atoms with Crippen molar-refractivity contribution in [3.63, 3.8) is 0 Å². The average molecular weight is 462 g/mol. The van der Waals surface area contributed by atoms with Gasteiger partial charge in [0.05, 0.1) is 45.8 Å². The average Bonchev–Trinajstić information content (AvgIpc) is 2.80. The van der Waals surface area contributed by atoms with Gasteiger partial charge in [0.25, 0.3) is 0 Å². The molecule has 2 rings (SSSR count). The number of carbonyl (C=O) groups excluding carboxylic acids is 1. The minimum absolute atomic E-state index is 0. The number of nitriles is 1. The molecule has 32 heavy (non-hydrogen) atoms. The van der Waals surface area contributed by atoms with E-state index in [0.717, 1.165) is 0 Å². The summed E-state index contributed by atoms with van der Waals surface area (Å²) in [6.45, 7) is 0.438. The Morgan fingerprint density at radius 3 is 2.16 bits per heavy atom. The molecule has 3 N–H and O–H groups in total. The second-order valence-electron chi connectivity index (χ2n) is 6.48. The Morgan fingerprint density at radius 2 is 1.66 bits per heavy atom. The van der Waals surface area contributed by atoms with Crippen LogP contribution in [-0.4, -0.2) is 40.9 Å². The zero-order chi connectivity index (χ0) is 22.8. The molecule has 0 aliphatic rings. The molecule has 0 aliphatic heterocycles. The van der Waals surface area contributed by atoms with Gasteiger partial charge in [-0.3, -0.25) is 4.79 Å². The molecule has 0 heterocycles. The van der Waals surface area contributed by atoms with Gasteiger partial charge in [-0.05, 0) is 54.4 Å². The molecule has 0 atom stereocenters. The highest BCUT2D eigenvalue weighted by molar-refractivity contribution is 5.94. The van der Waals surface area contributed by atoms with Crippen molar-refractivity contribution >= 4 is 35.7 Å². The number of allylic oxidation sites excluding steroid dienone is 1. The van der Waals surface area contributed by atoms with Crippen LogP contribution in [0.15, 0.2) is 30.3 Å². The Hall–Kier alpha value is -3.41. The maximum absolute atomic E-state index is 12.1. The molecule has 9 heteroatoms. The van der Waals surface area contributed by atoms with Crippen LogP contribution in [0.2, 0.25) is 0 Å². The third kappa shape index (κ3) is 6.54. The summed E-state index contributed by atoms with van der Waals surface area (Å²) >= 11 is 0. The second kappa shape index (κ2) is 13.1. The van der Waals surface area contributed by atoms with Crippen molar-refractivity contribution in [2.24, 2.45) is 5.73 Å². The quantitative estimate of drug-likeness (QED) is 0.407. The SMILES string of the molecule is COc1ccc(C=C(C#N)c2cc(OC)c(OC)c(OC)c2)cc1NC(=O)CCCN.Cl. The summed E-state index contributed by atoms with van der Waals surface area (Å²) in [6.07, 6.45) is 2.61. The molecule has 2 aromatic carbocycles. The van der Waals surface area contributed by atoms with Crippen molar-refractivity contribution in [3.05, 3.63) is 41.5 Å². The fourth-order valence-electron chi connectivity index (χ4n) is 2.97. The molecule has 0 aliphatic carbocycles. The van der Waals surface area contributed by atoms with Crippen LogP contribution >= 0.6 is 12.4 Å². The van der Waals surface area contributed by atoms with E-state index in [1.54, 1.807) is 36.4 Å². The molecule has 0 unspecified atom stereocenters. The van der Waals surface area contributed by atoms with Crippen LogP contribution in [0.3, 0.4) is 0 Å². The number of hydrogen-bond donors (Lipinski definition) is 2. The summed E-state index contributed by atoms with van der Waals surface area (Å²) in [4.78, 5) is 12.1. The molecule has 0 bridgehead atoms. The first-order valence-electron chi connectivity index (χ1n) is 9.61. The molecular formula is C23H28ClN3O5. The Labute approximate surface area is 194 Å². The van der Waals surface area contributed by atoms with Gasteiger partial charge in [0.2, 0.25) is 11.7 Å². The topological polar surface area (TPSA) is 116 Å². The lowest BCUT2D eigenvalue weighted by Crippen LogP contribution is -2.14. The lowest BCUT2D eigenvalue weighted by atomic mass is 10.0. The van der Waals surface area contributed by atoms with Crippen molar-refractivity contribution < 1.29 is 23.7 Å². The standard InChI is InChI=1S/C23H27N3O5.ClH/c1-28-19-8-7-15(11-18(19)26-22(27)6-5-9-24)10-17(14-25)16-12-20(29-2)23(31-4)21(13-16)30-3;/h7-8,10-13H,5-6,9,24H2,1-4H3,(H,26,27);1H. The van der Waals surface area contributed by atoms with E-state index in [4.69, 9.17) is 24.7 Å². The van der Waals surface area contributed by atoms with Crippen LogP contribution in [0, 0.1) is 11.3 Å². The zero-order valence-electron chi connectivity index (χ0n) is 18.6. The number of nitrogens with one attached hydrogen (secondary N) is 1. The number of ether oxygens (including phenoxy) is 4. The smallest absolute Gasteiger partial charge is 0.224 e. The second-order valence-corrected chi connectivity index (χ2v) is 6.48. The first kappa shape index (κ1) is 26.6. The van der Waals surface area contributed by atoms with Gasteiger partial charge in [-0.1, -0.05) is 6.07 Å². The Kier molecular flexibility index (Phi) is 10.9. The molecule has 0 radical (unpaired) electrons. The summed E-state index contributed by atoms with van der Waals surface area (Å²) in [5.41, 5.74) is 7.67. The van der Waals surface area contributed by atoms with E-state index >= 15 is 0 Å². The monoisotopic (exact) mass is 461 g/mol. The van der Waals surface area contributed by atoms with Gasteiger partial charge in [-0.25, -0.2) is 0 Å². The number of benzene rings is 2. The number of nitrogens with two attached hydrogens (primary N) is 1. The minimum Gasteiger partial charge on any atom is -0.495 e. The maximum Gasteiger partial charge on any atom is 0.224 e. The van der Waals surface area contributed by atoms with Crippen LogP contribution < -0.4 is 30.0 Å². The van der Waals surface area contributed by atoms with Gasteiger partial charge in [-0.2, -0.15) is 5.26 Å². The minimum atomic E-state index is -0.157. The highest BCUT2D eigenvalue weighted by atomic mass is 35.5. The maximum atomic E-state index is 12.1. The fourth-order valence-corrected chi connectivity index (χ4v) is 2.97. The van der Waals surface area contributed by atoms with Gasteiger partial charge >= 0.3 is 0 Å². The third-order valence-corrected chi connectivity index (χ3v) is 4.51. The van der Waals surface area contributed by atoms with Crippen molar-refractivity contribution in [2.75, 3.05) is 40.3 Å². The lowest BCUT2D eigenvalue weighted by molar-refractivity contribution is -0.116. The van der Waals surface area contributed by atoms with E-state index in [9.17, 15) is 10.1 Å². The van der Waals surface area contributed by atoms with E-state index in [1.807, 2.05) is 0 Å². The Morgan fingerprint density at radius 1 is 1.03 bits per heavy atom. The van der Waals surface area contributed by atoms with Crippen molar-refractivity contribution in [1.29, 1.82) is 5.26 Å². The van der Waals surface area contributed by atoms with Gasteiger partial charge in [0.1, 0.15) is 5.75 Å². The van der Waals surface area contributed by atoms with Gasteiger partial charge < -0.3 is 30.0 Å². The first-order chi connectivity index (χ1) is 15.0. The third-order valence-electron chi connectivity index (χ3n) is 4.51. The molecule has 1 amide bonds. The van der Waals surface area contributed by atoms with E-state index in [2.05, 4.69) is 11.4 Å². The number of carbonyl (C=O) groups is 1. The highest BCUT2D eigenvalue weighted by Gasteiger charge is 2.16. The molecule has 0 aromatic heterocycles. The molecule has 8 nitrogen and oxygen atoms in total. The number of methoxy groups -OCH3 is 4. The summed E-state index contributed by atoms with van der Waals surface area (Å²) < 4.78 is 21.4. The number of halogens is 1. The molecule has 0 saturated carbocycles. The first-order valence-corrected chi connectivity index (χ1v) is 9.61. The molecule has 2 aromatic rings. The molecular weight excluding hydrogens is 434 g/mol. The lowest BCUT2D eigenvalue weighted by Gasteiger charge is -2.14. The Bertz CT molecular complexity index is 977. The summed E-state index contributed by atoms with van der Waals surface area (Å²) in [6, 6.07) is 10.9. The number of anilines is 1. The molecule has 0 fully saturated rings. The summed E-state index contributed by atoms with van der Waals surface area (Å²) in [7, 11) is 6.07. The van der Waals surface area contributed by atoms with Crippen LogP contribution in [0.4, 0.5) is 5.69 Å². The van der Waals surface area contributed by atoms with Crippen molar-refractivity contribution in [2.45, 2.75) is 12.8 Å². The normalized spacial score (nSPS) is 10.4. The van der Waals surface area contributed by atoms with Crippen LogP contribution in [0.1, 0.15) is 24.0 Å². The largest absolute Gasteiger partial charge is 0.495 e. The summed E-state index contributed by atoms with van der Waals surface area (Å²) in [5, 5.41) is 12.6. The van der Waals surface area contributed by atoms with Crippen molar-refractivity contribution in [1.82, 2.24) is 0 Å². The number of hydrogen-bond acceptors (Lipinski definition) is 7. The number of nitrogens with zero attached hydrogens (tertiary/aromatic N) is 1. The van der Waals surface area contributed by atoms with E-state index < -0.39 is 0 Å². The van der Waals surface area contributed by atoms with Crippen LogP contribution in [0.5, 0.6) is 23.0 Å². The van der Waals surface area contributed by atoms with Crippen molar-refractivity contribution in [3.8, 4) is 29.1 Å². The Balaban J connectivity index is 0.00000512. The van der Waals surface area contributed by atoms with Crippen LogP contribution in [0.25, 0.3) is 11.6 Å². The predicted molar refractivity (Wildman–Crippen MR) is 127 cm³/mol. The number of rotatable bonds is 10. The van der Waals surface area contributed by atoms with Gasteiger partial charge in [0, 0.05) is 6.42 Å². The van der Waals surface area contributed by atoms with Crippen LogP contribution in [-0.2, 0) is 4.79 Å². The van der Waals surface area contributed by atoms with E-state index in [1.165, 1.54) is 28.4 Å². The summed E-state index contributed by atoms with van der Waals surface area (Å²) in [5.74, 6) is 1.69. The van der Waals surface area contributed by atoms with Gasteiger partial charge in [-0.15, -0.1) is 12.4 Å². The fraction of sp³-hybridized carbons (Fsp3) is 0.304. The zero-order valence-corrected chi connectivity index (χ0v) is 19.4.